The van der Waals surface area contributed by atoms with Crippen molar-refractivity contribution in [2.75, 3.05) is 26.2 Å². The molecule has 1 aromatic rings. The number of carbonyl (C=O) groups is 2. The summed E-state index contributed by atoms with van der Waals surface area (Å²) in [4.78, 5) is 29.6. The van der Waals surface area contributed by atoms with Crippen LogP contribution in [0.15, 0.2) is 30.3 Å². The first-order valence-corrected chi connectivity index (χ1v) is 9.64. The number of nitrogens with zero attached hydrogens (tertiary/aromatic N) is 2. The van der Waals surface area contributed by atoms with Crippen molar-refractivity contribution < 1.29 is 9.59 Å². The Balaban J connectivity index is 1.58. The molecule has 1 saturated carbocycles. The minimum atomic E-state index is -0.531. The van der Waals surface area contributed by atoms with Gasteiger partial charge >= 0.3 is 0 Å². The van der Waals surface area contributed by atoms with Gasteiger partial charge in [0.25, 0.3) is 0 Å². The van der Waals surface area contributed by atoms with Crippen LogP contribution in [0.4, 0.5) is 0 Å². The van der Waals surface area contributed by atoms with Crippen LogP contribution in [0.5, 0.6) is 0 Å². The average molecular weight is 342 g/mol. The molecule has 1 heterocycles. The zero-order valence-corrected chi connectivity index (χ0v) is 15.5. The molecule has 1 aromatic carbocycles. The largest absolute Gasteiger partial charge is 0.339 e. The first-order valence-electron chi connectivity index (χ1n) is 9.64. The molecule has 1 aliphatic heterocycles. The van der Waals surface area contributed by atoms with Crippen LogP contribution in [0.3, 0.4) is 0 Å². The van der Waals surface area contributed by atoms with Crippen LogP contribution in [-0.2, 0) is 15.0 Å². The van der Waals surface area contributed by atoms with Crippen LogP contribution in [-0.4, -0.2) is 47.8 Å². The third-order valence-electron chi connectivity index (χ3n) is 5.86. The van der Waals surface area contributed by atoms with Crippen LogP contribution in [0, 0.1) is 5.92 Å². The normalized spacial score (nSPS) is 19.8. The minimum absolute atomic E-state index is 0.156. The van der Waals surface area contributed by atoms with Crippen LogP contribution in [0.25, 0.3) is 0 Å². The molecule has 0 aromatic heterocycles. The van der Waals surface area contributed by atoms with Crippen LogP contribution in [0.1, 0.15) is 51.5 Å². The highest BCUT2D eigenvalue weighted by Crippen LogP contribution is 2.28. The van der Waals surface area contributed by atoms with E-state index in [2.05, 4.69) is 0 Å². The molecular weight excluding hydrogens is 312 g/mol. The molecule has 0 N–H and O–H groups in total. The molecule has 136 valence electrons. The number of hydrogen-bond acceptors (Lipinski definition) is 2. The lowest BCUT2D eigenvalue weighted by molar-refractivity contribution is -0.145. The van der Waals surface area contributed by atoms with Crippen molar-refractivity contribution in [1.82, 2.24) is 9.80 Å². The summed E-state index contributed by atoms with van der Waals surface area (Å²) in [6, 6.07) is 9.96. The zero-order chi connectivity index (χ0) is 17.9. The lowest BCUT2D eigenvalue weighted by atomic mass is 9.83. The van der Waals surface area contributed by atoms with Crippen molar-refractivity contribution >= 4 is 11.8 Å². The lowest BCUT2D eigenvalue weighted by Crippen LogP contribution is -2.55. The summed E-state index contributed by atoms with van der Waals surface area (Å²) in [6.07, 6.45) is 5.71. The Bertz CT molecular complexity index is 598. The van der Waals surface area contributed by atoms with Gasteiger partial charge in [-0.15, -0.1) is 0 Å². The second kappa shape index (κ2) is 7.59. The highest BCUT2D eigenvalue weighted by Gasteiger charge is 2.36. The summed E-state index contributed by atoms with van der Waals surface area (Å²) in [5, 5.41) is 0. The SMILES string of the molecule is CC(C)(C(=O)N1CCN(C(=O)C2CCCCC2)CC1)c1ccccc1. The Hall–Kier alpha value is -1.84. The van der Waals surface area contributed by atoms with Gasteiger partial charge in [-0.3, -0.25) is 9.59 Å². The third kappa shape index (κ3) is 3.88. The van der Waals surface area contributed by atoms with E-state index < -0.39 is 5.41 Å². The second-order valence-corrected chi connectivity index (χ2v) is 7.94. The summed E-state index contributed by atoms with van der Waals surface area (Å²) < 4.78 is 0. The van der Waals surface area contributed by atoms with E-state index in [1.165, 1.54) is 19.3 Å². The first-order chi connectivity index (χ1) is 12.0. The van der Waals surface area contributed by atoms with Crippen molar-refractivity contribution in [3.05, 3.63) is 35.9 Å². The standard InChI is InChI=1S/C21H30N2O2/c1-21(2,18-11-7-4-8-12-18)20(25)23-15-13-22(14-16-23)19(24)17-9-5-3-6-10-17/h4,7-8,11-12,17H,3,5-6,9-10,13-16H2,1-2H3. The molecule has 4 heteroatoms. The molecular formula is C21H30N2O2. The molecule has 4 nitrogen and oxygen atoms in total. The first kappa shape index (κ1) is 18.0. The molecule has 0 radical (unpaired) electrons. The topological polar surface area (TPSA) is 40.6 Å². The fourth-order valence-electron chi connectivity index (χ4n) is 4.11. The molecule has 1 aliphatic carbocycles. The van der Waals surface area contributed by atoms with Crippen molar-refractivity contribution in [1.29, 1.82) is 0 Å². The minimum Gasteiger partial charge on any atom is -0.339 e. The smallest absolute Gasteiger partial charge is 0.232 e. The fraction of sp³-hybridized carbons (Fsp3) is 0.619. The number of carbonyl (C=O) groups excluding carboxylic acids is 2. The lowest BCUT2D eigenvalue weighted by Gasteiger charge is -2.40. The Morgan fingerprint density at radius 2 is 1.44 bits per heavy atom. The van der Waals surface area contributed by atoms with E-state index in [9.17, 15) is 9.59 Å². The summed E-state index contributed by atoms with van der Waals surface area (Å²) in [5.74, 6) is 0.689. The Morgan fingerprint density at radius 1 is 0.880 bits per heavy atom. The average Bonchev–Trinajstić information content (AvgIpc) is 2.68. The monoisotopic (exact) mass is 342 g/mol. The number of hydrogen-bond donors (Lipinski definition) is 0. The van der Waals surface area contributed by atoms with Gasteiger partial charge in [-0.1, -0.05) is 49.6 Å². The number of rotatable bonds is 3. The van der Waals surface area contributed by atoms with E-state index in [0.717, 1.165) is 18.4 Å². The summed E-state index contributed by atoms with van der Waals surface area (Å²) in [5.41, 5.74) is 0.511. The van der Waals surface area contributed by atoms with Crippen LogP contribution < -0.4 is 0 Å². The fourth-order valence-corrected chi connectivity index (χ4v) is 4.11. The Kier molecular flexibility index (Phi) is 5.45. The molecule has 2 fully saturated rings. The Morgan fingerprint density at radius 3 is 2.04 bits per heavy atom. The molecule has 2 aliphatic rings. The van der Waals surface area contributed by atoms with Gasteiger partial charge in [-0.25, -0.2) is 0 Å². The van der Waals surface area contributed by atoms with Crippen LogP contribution >= 0.6 is 0 Å². The molecule has 3 rings (SSSR count). The Labute approximate surface area is 151 Å². The molecule has 2 amide bonds. The zero-order valence-electron chi connectivity index (χ0n) is 15.5. The third-order valence-corrected chi connectivity index (χ3v) is 5.86. The van der Waals surface area contributed by atoms with E-state index in [-0.39, 0.29) is 11.8 Å². The maximum Gasteiger partial charge on any atom is 0.232 e. The molecule has 1 saturated heterocycles. The van der Waals surface area contributed by atoms with E-state index in [1.807, 2.05) is 54.0 Å². The summed E-state index contributed by atoms with van der Waals surface area (Å²) in [6.45, 7) is 6.62. The highest BCUT2D eigenvalue weighted by atomic mass is 16.2. The molecule has 0 atom stereocenters. The molecule has 25 heavy (non-hydrogen) atoms. The summed E-state index contributed by atoms with van der Waals surface area (Å²) >= 11 is 0. The van der Waals surface area contributed by atoms with E-state index in [4.69, 9.17) is 0 Å². The second-order valence-electron chi connectivity index (χ2n) is 7.94. The van der Waals surface area contributed by atoms with Crippen molar-refractivity contribution in [3.63, 3.8) is 0 Å². The molecule has 0 spiro atoms. The van der Waals surface area contributed by atoms with Gasteiger partial charge in [-0.05, 0) is 32.3 Å². The van der Waals surface area contributed by atoms with Crippen molar-refractivity contribution in [2.24, 2.45) is 5.92 Å². The van der Waals surface area contributed by atoms with E-state index >= 15 is 0 Å². The van der Waals surface area contributed by atoms with Gasteiger partial charge in [0.1, 0.15) is 0 Å². The van der Waals surface area contributed by atoms with Crippen LogP contribution in [0.2, 0.25) is 0 Å². The number of piperazine rings is 1. The van der Waals surface area contributed by atoms with Gasteiger partial charge in [0.15, 0.2) is 0 Å². The highest BCUT2D eigenvalue weighted by molar-refractivity contribution is 5.87. The number of benzene rings is 1. The molecule has 0 unspecified atom stereocenters. The predicted octanol–water partition coefficient (Wildman–Crippen LogP) is 3.22. The van der Waals surface area contributed by atoms with Gasteiger partial charge < -0.3 is 9.80 Å². The number of amides is 2. The van der Waals surface area contributed by atoms with E-state index in [1.54, 1.807) is 0 Å². The van der Waals surface area contributed by atoms with Gasteiger partial charge in [0.05, 0.1) is 5.41 Å². The predicted molar refractivity (Wildman–Crippen MR) is 99.2 cm³/mol. The van der Waals surface area contributed by atoms with Gasteiger partial charge in [0, 0.05) is 32.1 Å². The summed E-state index contributed by atoms with van der Waals surface area (Å²) in [7, 11) is 0. The van der Waals surface area contributed by atoms with Gasteiger partial charge in [0.2, 0.25) is 11.8 Å². The molecule has 0 bridgehead atoms. The van der Waals surface area contributed by atoms with Crippen molar-refractivity contribution in [3.8, 4) is 0 Å². The quantitative estimate of drug-likeness (QED) is 0.846. The maximum absolute atomic E-state index is 13.0. The van der Waals surface area contributed by atoms with Crippen molar-refractivity contribution in [2.45, 2.75) is 51.4 Å². The maximum atomic E-state index is 13.0. The van der Waals surface area contributed by atoms with E-state index in [0.29, 0.717) is 32.1 Å². The van der Waals surface area contributed by atoms with Gasteiger partial charge in [-0.2, -0.15) is 0 Å².